The van der Waals surface area contributed by atoms with Gasteiger partial charge in [-0.3, -0.25) is 0 Å². The van der Waals surface area contributed by atoms with Crippen LogP contribution in [-0.2, 0) is 6.54 Å². The lowest BCUT2D eigenvalue weighted by atomic mass is 10.2. The Morgan fingerprint density at radius 3 is 2.50 bits per heavy atom. The van der Waals surface area contributed by atoms with Gasteiger partial charge in [0, 0.05) is 18.3 Å². The van der Waals surface area contributed by atoms with Crippen LogP contribution in [0.5, 0.6) is 11.5 Å². The lowest BCUT2D eigenvalue weighted by molar-refractivity contribution is 0.210. The Kier molecular flexibility index (Phi) is 4.84. The molecule has 3 heteroatoms. The van der Waals surface area contributed by atoms with Crippen LogP contribution in [0.2, 0.25) is 0 Å². The average molecular weight is 297 g/mol. The van der Waals surface area contributed by atoms with E-state index in [1.165, 1.54) is 31.2 Å². The van der Waals surface area contributed by atoms with Crippen LogP contribution >= 0.6 is 0 Å². The first-order chi connectivity index (χ1) is 10.8. The summed E-state index contributed by atoms with van der Waals surface area (Å²) >= 11 is 0. The molecule has 0 aromatic heterocycles. The largest absolute Gasteiger partial charge is 0.497 e. The van der Waals surface area contributed by atoms with Gasteiger partial charge in [0.15, 0.2) is 0 Å². The Bertz CT molecular complexity index is 589. The van der Waals surface area contributed by atoms with Gasteiger partial charge in [-0.2, -0.15) is 0 Å². The van der Waals surface area contributed by atoms with E-state index in [1.54, 1.807) is 7.11 Å². The molecule has 1 aliphatic carbocycles. The van der Waals surface area contributed by atoms with Crippen molar-refractivity contribution in [1.82, 2.24) is 0 Å². The molecule has 1 aliphatic rings. The Labute approximate surface area is 132 Å². The van der Waals surface area contributed by atoms with Crippen LogP contribution in [-0.4, -0.2) is 13.2 Å². The molecule has 22 heavy (non-hydrogen) atoms. The van der Waals surface area contributed by atoms with Crippen LogP contribution in [0.4, 0.5) is 5.69 Å². The van der Waals surface area contributed by atoms with Gasteiger partial charge in [-0.25, -0.2) is 0 Å². The van der Waals surface area contributed by atoms with Gasteiger partial charge in [0.1, 0.15) is 11.5 Å². The number of benzene rings is 2. The SMILES string of the molecule is COc1cccc(NCc2ccc(OC3CCCC3)cc2)c1. The highest BCUT2D eigenvalue weighted by Gasteiger charge is 2.16. The van der Waals surface area contributed by atoms with Gasteiger partial charge in [-0.15, -0.1) is 0 Å². The molecule has 3 rings (SSSR count). The van der Waals surface area contributed by atoms with Gasteiger partial charge in [0.2, 0.25) is 0 Å². The Balaban J connectivity index is 1.54. The van der Waals surface area contributed by atoms with E-state index in [9.17, 15) is 0 Å². The summed E-state index contributed by atoms with van der Waals surface area (Å²) in [6.07, 6.45) is 5.40. The van der Waals surface area contributed by atoms with E-state index in [1.807, 2.05) is 24.3 Å². The van der Waals surface area contributed by atoms with Crippen molar-refractivity contribution in [3.05, 3.63) is 54.1 Å². The molecule has 0 aliphatic heterocycles. The highest BCUT2D eigenvalue weighted by atomic mass is 16.5. The molecule has 1 N–H and O–H groups in total. The van der Waals surface area contributed by atoms with E-state index in [0.29, 0.717) is 6.10 Å². The third-order valence-electron chi connectivity index (χ3n) is 4.09. The molecule has 0 saturated heterocycles. The summed E-state index contributed by atoms with van der Waals surface area (Å²) in [6, 6.07) is 16.4. The topological polar surface area (TPSA) is 30.5 Å². The summed E-state index contributed by atoms with van der Waals surface area (Å²) < 4.78 is 11.2. The molecule has 0 unspecified atom stereocenters. The van der Waals surface area contributed by atoms with Crippen molar-refractivity contribution in [3.63, 3.8) is 0 Å². The number of hydrogen-bond donors (Lipinski definition) is 1. The second-order valence-electron chi connectivity index (χ2n) is 5.75. The molecule has 116 valence electrons. The van der Waals surface area contributed by atoms with Gasteiger partial charge < -0.3 is 14.8 Å². The fourth-order valence-corrected chi connectivity index (χ4v) is 2.82. The fourth-order valence-electron chi connectivity index (χ4n) is 2.82. The van der Waals surface area contributed by atoms with Crippen LogP contribution in [0.25, 0.3) is 0 Å². The van der Waals surface area contributed by atoms with Gasteiger partial charge in [-0.1, -0.05) is 18.2 Å². The Morgan fingerprint density at radius 1 is 1.00 bits per heavy atom. The average Bonchev–Trinajstić information content (AvgIpc) is 3.07. The number of nitrogens with one attached hydrogen (secondary N) is 1. The van der Waals surface area contributed by atoms with Crippen molar-refractivity contribution in [2.24, 2.45) is 0 Å². The van der Waals surface area contributed by atoms with E-state index >= 15 is 0 Å². The minimum atomic E-state index is 0.417. The Hall–Kier alpha value is -2.16. The van der Waals surface area contributed by atoms with Crippen LogP contribution in [0.1, 0.15) is 31.2 Å². The lowest BCUT2D eigenvalue weighted by Gasteiger charge is -2.13. The van der Waals surface area contributed by atoms with Crippen LogP contribution in [0.15, 0.2) is 48.5 Å². The fraction of sp³-hybridized carbons (Fsp3) is 0.368. The molecule has 0 amide bonds. The first-order valence-corrected chi connectivity index (χ1v) is 7.97. The number of ether oxygens (including phenoxy) is 2. The van der Waals surface area contributed by atoms with Crippen LogP contribution in [0.3, 0.4) is 0 Å². The van der Waals surface area contributed by atoms with Crippen LogP contribution in [0, 0.1) is 0 Å². The van der Waals surface area contributed by atoms with Crippen molar-refractivity contribution in [1.29, 1.82) is 0 Å². The summed E-state index contributed by atoms with van der Waals surface area (Å²) in [5, 5.41) is 3.41. The normalized spacial score (nSPS) is 14.8. The first-order valence-electron chi connectivity index (χ1n) is 7.97. The molecule has 0 spiro atoms. The molecule has 0 heterocycles. The zero-order valence-corrected chi connectivity index (χ0v) is 13.0. The maximum Gasteiger partial charge on any atom is 0.120 e. The summed E-state index contributed by atoms with van der Waals surface area (Å²) in [5.74, 6) is 1.85. The van der Waals surface area contributed by atoms with E-state index < -0.39 is 0 Å². The quantitative estimate of drug-likeness (QED) is 0.843. The lowest BCUT2D eigenvalue weighted by Crippen LogP contribution is -2.10. The second kappa shape index (κ2) is 7.21. The molecule has 3 nitrogen and oxygen atoms in total. The van der Waals surface area contributed by atoms with Gasteiger partial charge in [0.05, 0.1) is 13.2 Å². The molecule has 2 aromatic carbocycles. The molecular weight excluding hydrogens is 274 g/mol. The second-order valence-corrected chi connectivity index (χ2v) is 5.75. The summed E-state index contributed by atoms with van der Waals surface area (Å²) in [7, 11) is 1.68. The summed E-state index contributed by atoms with van der Waals surface area (Å²) in [4.78, 5) is 0. The van der Waals surface area contributed by atoms with Gasteiger partial charge in [0.25, 0.3) is 0 Å². The summed E-state index contributed by atoms with van der Waals surface area (Å²) in [5.41, 5.74) is 2.30. The maximum atomic E-state index is 5.99. The van der Waals surface area contributed by atoms with Crippen LogP contribution < -0.4 is 14.8 Å². The van der Waals surface area contributed by atoms with Crippen molar-refractivity contribution in [3.8, 4) is 11.5 Å². The molecule has 0 radical (unpaired) electrons. The number of methoxy groups -OCH3 is 1. The highest BCUT2D eigenvalue weighted by molar-refractivity contribution is 5.48. The van der Waals surface area contributed by atoms with E-state index in [-0.39, 0.29) is 0 Å². The number of anilines is 1. The van der Waals surface area contributed by atoms with E-state index in [4.69, 9.17) is 9.47 Å². The monoisotopic (exact) mass is 297 g/mol. The first kappa shape index (κ1) is 14.8. The predicted octanol–water partition coefficient (Wildman–Crippen LogP) is 4.63. The minimum absolute atomic E-state index is 0.417. The van der Waals surface area contributed by atoms with Gasteiger partial charge >= 0.3 is 0 Å². The van der Waals surface area contributed by atoms with Crippen molar-refractivity contribution in [2.75, 3.05) is 12.4 Å². The molecule has 2 aromatic rings. The molecule has 0 atom stereocenters. The van der Waals surface area contributed by atoms with Crippen molar-refractivity contribution in [2.45, 2.75) is 38.3 Å². The van der Waals surface area contributed by atoms with E-state index in [2.05, 4.69) is 29.6 Å². The molecule has 1 fully saturated rings. The number of hydrogen-bond acceptors (Lipinski definition) is 3. The highest BCUT2D eigenvalue weighted by Crippen LogP contribution is 2.24. The third kappa shape index (κ3) is 3.94. The molecule has 0 bridgehead atoms. The predicted molar refractivity (Wildman–Crippen MR) is 89.6 cm³/mol. The molecule has 1 saturated carbocycles. The number of rotatable bonds is 6. The van der Waals surface area contributed by atoms with Crippen molar-refractivity contribution < 1.29 is 9.47 Å². The zero-order chi connectivity index (χ0) is 15.2. The minimum Gasteiger partial charge on any atom is -0.497 e. The van der Waals surface area contributed by atoms with Gasteiger partial charge in [-0.05, 0) is 55.5 Å². The summed E-state index contributed by atoms with van der Waals surface area (Å²) in [6.45, 7) is 0.789. The molecular formula is C19H23NO2. The smallest absolute Gasteiger partial charge is 0.120 e. The zero-order valence-electron chi connectivity index (χ0n) is 13.0. The third-order valence-corrected chi connectivity index (χ3v) is 4.09. The maximum absolute atomic E-state index is 5.99. The Morgan fingerprint density at radius 2 is 1.77 bits per heavy atom. The van der Waals surface area contributed by atoms with E-state index in [0.717, 1.165) is 23.7 Å². The van der Waals surface area contributed by atoms with Crippen molar-refractivity contribution >= 4 is 5.69 Å². The standard InChI is InChI=1S/C19H23NO2/c1-21-19-8-4-5-16(13-19)20-14-15-9-11-18(12-10-15)22-17-6-2-3-7-17/h4-5,8-13,17,20H,2-3,6-7,14H2,1H3.